The number of rotatable bonds is 5. The van der Waals surface area contributed by atoms with Gasteiger partial charge in [-0.2, -0.15) is 20.0 Å². The van der Waals surface area contributed by atoms with E-state index in [0.717, 1.165) is 11.3 Å². The minimum Gasteiger partial charge on any atom is -0.493 e. The van der Waals surface area contributed by atoms with E-state index in [1.807, 2.05) is 31.2 Å². The normalized spacial score (nSPS) is 11.1. The van der Waals surface area contributed by atoms with Crippen LogP contribution >= 0.6 is 12.2 Å². The molecule has 0 amide bonds. The third-order valence-electron chi connectivity index (χ3n) is 3.32. The molecule has 0 atom stereocenters. The Labute approximate surface area is 143 Å². The first kappa shape index (κ1) is 15.9. The van der Waals surface area contributed by atoms with E-state index in [1.54, 1.807) is 20.4 Å². The fourth-order valence-corrected chi connectivity index (χ4v) is 2.33. The number of H-pyrrole nitrogens is 2. The average Bonchev–Trinajstić information content (AvgIpc) is 3.18. The molecule has 0 unspecified atom stereocenters. The Morgan fingerprint density at radius 3 is 2.58 bits per heavy atom. The second kappa shape index (κ2) is 6.67. The number of aromatic amines is 2. The van der Waals surface area contributed by atoms with Gasteiger partial charge >= 0.3 is 0 Å². The van der Waals surface area contributed by atoms with Crippen LogP contribution in [0.25, 0.3) is 11.5 Å². The van der Waals surface area contributed by atoms with Gasteiger partial charge in [0.05, 0.1) is 20.4 Å². The molecule has 3 rings (SSSR count). The maximum absolute atomic E-state index is 5.29. The standard InChI is InChI=1S/C15H16N6O2S/c1-9-6-11(18-17-9)14-19-20-15(24)21(14)16-8-10-4-5-12(22-2)13(7-10)23-3/h4-8H,1-3H3,(H,17,18)(H,20,24). The number of aromatic nitrogens is 5. The minimum absolute atomic E-state index is 0.377. The molecule has 0 spiro atoms. The molecular formula is C15H16N6O2S. The zero-order valence-corrected chi connectivity index (χ0v) is 14.2. The van der Waals surface area contributed by atoms with Crippen LogP contribution < -0.4 is 9.47 Å². The van der Waals surface area contributed by atoms with Crippen molar-refractivity contribution in [3.63, 3.8) is 0 Å². The molecule has 2 aromatic heterocycles. The van der Waals surface area contributed by atoms with Gasteiger partial charge in [0.25, 0.3) is 0 Å². The van der Waals surface area contributed by atoms with Gasteiger partial charge in [0.2, 0.25) is 10.6 Å². The summed E-state index contributed by atoms with van der Waals surface area (Å²) in [6, 6.07) is 7.37. The largest absolute Gasteiger partial charge is 0.493 e. The molecule has 3 aromatic rings. The van der Waals surface area contributed by atoms with Gasteiger partial charge in [-0.15, -0.1) is 0 Å². The van der Waals surface area contributed by atoms with Gasteiger partial charge < -0.3 is 9.47 Å². The molecule has 24 heavy (non-hydrogen) atoms. The van der Waals surface area contributed by atoms with Crippen LogP contribution in [-0.2, 0) is 0 Å². The van der Waals surface area contributed by atoms with Crippen molar-refractivity contribution in [3.05, 3.63) is 40.3 Å². The van der Waals surface area contributed by atoms with E-state index in [0.29, 0.717) is 27.8 Å². The molecule has 0 fully saturated rings. The number of methoxy groups -OCH3 is 2. The lowest BCUT2D eigenvalue weighted by Crippen LogP contribution is -1.96. The fourth-order valence-electron chi connectivity index (χ4n) is 2.15. The van der Waals surface area contributed by atoms with Crippen molar-refractivity contribution in [2.24, 2.45) is 5.10 Å². The van der Waals surface area contributed by atoms with Crippen molar-refractivity contribution in [1.82, 2.24) is 25.1 Å². The molecule has 2 heterocycles. The molecule has 0 bridgehead atoms. The Balaban J connectivity index is 1.96. The molecule has 0 aliphatic rings. The summed E-state index contributed by atoms with van der Waals surface area (Å²) >= 11 is 5.23. The third-order valence-corrected chi connectivity index (χ3v) is 3.58. The second-order valence-electron chi connectivity index (χ2n) is 4.96. The Morgan fingerprint density at radius 2 is 1.92 bits per heavy atom. The molecule has 1 aromatic carbocycles. The van der Waals surface area contributed by atoms with Crippen molar-refractivity contribution >= 4 is 18.4 Å². The summed E-state index contributed by atoms with van der Waals surface area (Å²) in [5.41, 5.74) is 2.42. The number of nitrogens with one attached hydrogen (secondary N) is 2. The highest BCUT2D eigenvalue weighted by atomic mass is 32.1. The lowest BCUT2D eigenvalue weighted by Gasteiger charge is -2.07. The smallest absolute Gasteiger partial charge is 0.216 e. The van der Waals surface area contributed by atoms with E-state index in [1.165, 1.54) is 4.68 Å². The van der Waals surface area contributed by atoms with Crippen LogP contribution in [-0.4, -0.2) is 45.5 Å². The molecule has 8 nitrogen and oxygen atoms in total. The topological polar surface area (TPSA) is 93.1 Å². The highest BCUT2D eigenvalue weighted by Gasteiger charge is 2.11. The highest BCUT2D eigenvalue weighted by molar-refractivity contribution is 7.71. The summed E-state index contributed by atoms with van der Waals surface area (Å²) in [5.74, 6) is 1.81. The van der Waals surface area contributed by atoms with Gasteiger partial charge in [-0.05, 0) is 49.0 Å². The second-order valence-corrected chi connectivity index (χ2v) is 5.35. The van der Waals surface area contributed by atoms with Crippen LogP contribution in [0.4, 0.5) is 0 Å². The van der Waals surface area contributed by atoms with E-state index in [9.17, 15) is 0 Å². The summed E-state index contributed by atoms with van der Waals surface area (Å²) in [7, 11) is 3.18. The SMILES string of the molecule is COc1ccc(C=Nn2c(-c3cc(C)[nH]n3)n[nH]c2=S)cc1OC. The molecule has 2 N–H and O–H groups in total. The number of aryl methyl sites for hydroxylation is 1. The Morgan fingerprint density at radius 1 is 1.12 bits per heavy atom. The first-order chi connectivity index (χ1) is 11.6. The first-order valence-corrected chi connectivity index (χ1v) is 7.49. The van der Waals surface area contributed by atoms with E-state index >= 15 is 0 Å². The predicted molar refractivity (Wildman–Crippen MR) is 92.3 cm³/mol. The molecule has 124 valence electrons. The Hall–Kier alpha value is -2.94. The molecule has 0 aliphatic heterocycles. The maximum Gasteiger partial charge on any atom is 0.216 e. The summed E-state index contributed by atoms with van der Waals surface area (Å²) in [4.78, 5) is 0. The zero-order chi connectivity index (χ0) is 17.1. The lowest BCUT2D eigenvalue weighted by molar-refractivity contribution is 0.355. The fraction of sp³-hybridized carbons (Fsp3) is 0.200. The quantitative estimate of drug-likeness (QED) is 0.548. The van der Waals surface area contributed by atoms with Crippen molar-refractivity contribution < 1.29 is 9.47 Å². The first-order valence-electron chi connectivity index (χ1n) is 7.08. The minimum atomic E-state index is 0.377. The van der Waals surface area contributed by atoms with Crippen LogP contribution in [0.1, 0.15) is 11.3 Å². The van der Waals surface area contributed by atoms with Crippen molar-refractivity contribution in [2.75, 3.05) is 14.2 Å². The summed E-state index contributed by atoms with van der Waals surface area (Å²) in [6.07, 6.45) is 1.66. The molecular weight excluding hydrogens is 328 g/mol. The van der Waals surface area contributed by atoms with E-state index < -0.39 is 0 Å². The predicted octanol–water partition coefficient (Wildman–Crippen LogP) is 2.54. The van der Waals surface area contributed by atoms with Crippen LogP contribution in [0.3, 0.4) is 0 Å². The average molecular weight is 344 g/mol. The highest BCUT2D eigenvalue weighted by Crippen LogP contribution is 2.27. The molecule has 0 saturated carbocycles. The summed E-state index contributed by atoms with van der Waals surface area (Å²) in [6.45, 7) is 1.91. The number of hydrogen-bond acceptors (Lipinski definition) is 6. The van der Waals surface area contributed by atoms with Gasteiger partial charge in [0, 0.05) is 5.69 Å². The Kier molecular flexibility index (Phi) is 4.43. The third kappa shape index (κ3) is 3.06. The number of ether oxygens (including phenoxy) is 2. The van der Waals surface area contributed by atoms with Gasteiger partial charge in [-0.3, -0.25) is 5.10 Å². The monoisotopic (exact) mass is 344 g/mol. The number of benzene rings is 1. The molecule has 0 aliphatic carbocycles. The van der Waals surface area contributed by atoms with Crippen LogP contribution in [0.5, 0.6) is 11.5 Å². The lowest BCUT2D eigenvalue weighted by atomic mass is 10.2. The van der Waals surface area contributed by atoms with E-state index in [2.05, 4.69) is 25.5 Å². The summed E-state index contributed by atoms with van der Waals surface area (Å²) < 4.78 is 12.4. The molecule has 0 radical (unpaired) electrons. The van der Waals surface area contributed by atoms with Crippen molar-refractivity contribution in [1.29, 1.82) is 0 Å². The van der Waals surface area contributed by atoms with Gasteiger partial charge in [0.15, 0.2) is 11.5 Å². The number of hydrogen-bond donors (Lipinski definition) is 2. The zero-order valence-electron chi connectivity index (χ0n) is 13.4. The van der Waals surface area contributed by atoms with Crippen molar-refractivity contribution in [2.45, 2.75) is 6.92 Å². The van der Waals surface area contributed by atoms with E-state index in [-0.39, 0.29) is 0 Å². The van der Waals surface area contributed by atoms with Gasteiger partial charge in [0.1, 0.15) is 5.69 Å². The van der Waals surface area contributed by atoms with Crippen LogP contribution in [0, 0.1) is 11.7 Å². The molecule has 0 saturated heterocycles. The maximum atomic E-state index is 5.29. The van der Waals surface area contributed by atoms with Gasteiger partial charge in [-0.1, -0.05) is 0 Å². The van der Waals surface area contributed by atoms with E-state index in [4.69, 9.17) is 21.7 Å². The summed E-state index contributed by atoms with van der Waals surface area (Å²) in [5, 5.41) is 18.4. The Bertz CT molecular complexity index is 940. The molecule has 9 heteroatoms. The van der Waals surface area contributed by atoms with Crippen molar-refractivity contribution in [3.8, 4) is 23.0 Å². The van der Waals surface area contributed by atoms with Crippen LogP contribution in [0.15, 0.2) is 29.4 Å². The van der Waals surface area contributed by atoms with Crippen LogP contribution in [0.2, 0.25) is 0 Å². The number of nitrogens with zero attached hydrogens (tertiary/aromatic N) is 4. The van der Waals surface area contributed by atoms with Gasteiger partial charge in [-0.25, -0.2) is 5.10 Å².